The van der Waals surface area contributed by atoms with E-state index in [0.29, 0.717) is 6.54 Å². The highest BCUT2D eigenvalue weighted by atomic mass is 79.9. The lowest BCUT2D eigenvalue weighted by Gasteiger charge is -2.24. The molecular weight excluding hydrogens is 334 g/mol. The van der Waals surface area contributed by atoms with Gasteiger partial charge in [0.25, 0.3) is 0 Å². The Morgan fingerprint density at radius 3 is 2.55 bits per heavy atom. The summed E-state index contributed by atoms with van der Waals surface area (Å²) in [4.78, 5) is 13.7. The molecule has 0 aliphatic heterocycles. The van der Waals surface area contributed by atoms with Crippen molar-refractivity contribution in [3.8, 4) is 0 Å². The van der Waals surface area contributed by atoms with E-state index in [9.17, 15) is 4.79 Å². The van der Waals surface area contributed by atoms with Gasteiger partial charge in [0.2, 0.25) is 5.91 Å². The molecule has 4 heteroatoms. The molecule has 0 fully saturated rings. The molecule has 0 spiro atoms. The summed E-state index contributed by atoms with van der Waals surface area (Å²) in [5, 5.41) is 5.09. The summed E-state index contributed by atoms with van der Waals surface area (Å²) in [7, 11) is 0. The Labute approximate surface area is 132 Å². The highest BCUT2D eigenvalue weighted by Crippen LogP contribution is 2.25. The summed E-state index contributed by atoms with van der Waals surface area (Å²) in [5.41, 5.74) is 0.505. The number of carbonyl (C=O) groups excluding carboxylic acids is 1. The van der Waals surface area contributed by atoms with E-state index >= 15 is 0 Å². The number of amides is 1. The van der Waals surface area contributed by atoms with E-state index in [2.05, 4.69) is 32.7 Å². The van der Waals surface area contributed by atoms with Crippen molar-refractivity contribution in [2.24, 2.45) is 0 Å². The third kappa shape index (κ3) is 3.70. The Kier molecular flexibility index (Phi) is 5.00. The smallest absolute Gasteiger partial charge is 0.230 e. The van der Waals surface area contributed by atoms with Gasteiger partial charge in [-0.2, -0.15) is 0 Å². The second-order valence-corrected chi connectivity index (χ2v) is 7.17. The van der Waals surface area contributed by atoms with Crippen LogP contribution in [0.15, 0.2) is 46.3 Å². The number of carbonyl (C=O) groups is 1. The zero-order valence-electron chi connectivity index (χ0n) is 11.7. The summed E-state index contributed by atoms with van der Waals surface area (Å²) < 4.78 is 1.02. The van der Waals surface area contributed by atoms with Gasteiger partial charge in [-0.15, -0.1) is 11.3 Å². The Balaban J connectivity index is 1.94. The van der Waals surface area contributed by atoms with Crippen molar-refractivity contribution in [1.29, 1.82) is 0 Å². The average Bonchev–Trinajstić information content (AvgIpc) is 2.92. The fourth-order valence-corrected chi connectivity index (χ4v) is 2.95. The van der Waals surface area contributed by atoms with E-state index in [0.717, 1.165) is 16.5 Å². The zero-order chi connectivity index (χ0) is 14.6. The fourth-order valence-electron chi connectivity index (χ4n) is 1.97. The maximum absolute atomic E-state index is 12.4. The average molecular weight is 352 g/mol. The first kappa shape index (κ1) is 15.3. The van der Waals surface area contributed by atoms with Crippen LogP contribution in [0.4, 0.5) is 0 Å². The molecule has 2 rings (SSSR count). The van der Waals surface area contributed by atoms with Crippen molar-refractivity contribution in [2.75, 3.05) is 6.54 Å². The maximum atomic E-state index is 12.4. The molecule has 1 aromatic heterocycles. The Hall–Kier alpha value is -1.13. The first-order valence-corrected chi connectivity index (χ1v) is 8.24. The SMILES string of the molecule is CC(C)(C(=O)NCCc1cccs1)c1ccc(Br)cc1. The first-order valence-electron chi connectivity index (χ1n) is 6.57. The van der Waals surface area contributed by atoms with Crippen LogP contribution in [0.25, 0.3) is 0 Å². The highest BCUT2D eigenvalue weighted by Gasteiger charge is 2.29. The molecular formula is C16H18BrNOS. The van der Waals surface area contributed by atoms with Gasteiger partial charge in [0.15, 0.2) is 0 Å². The van der Waals surface area contributed by atoms with E-state index in [4.69, 9.17) is 0 Å². The monoisotopic (exact) mass is 351 g/mol. The second-order valence-electron chi connectivity index (χ2n) is 5.22. The third-order valence-electron chi connectivity index (χ3n) is 3.37. The van der Waals surface area contributed by atoms with Crippen LogP contribution in [0.3, 0.4) is 0 Å². The molecule has 1 N–H and O–H groups in total. The molecule has 0 atom stereocenters. The van der Waals surface area contributed by atoms with E-state index in [1.54, 1.807) is 11.3 Å². The number of hydrogen-bond acceptors (Lipinski definition) is 2. The van der Waals surface area contributed by atoms with Crippen molar-refractivity contribution in [3.63, 3.8) is 0 Å². The summed E-state index contributed by atoms with van der Waals surface area (Å²) in [5.74, 6) is 0.0661. The minimum absolute atomic E-state index is 0.0661. The molecule has 2 aromatic rings. The molecule has 2 nitrogen and oxygen atoms in total. The third-order valence-corrected chi connectivity index (χ3v) is 4.84. The molecule has 0 saturated heterocycles. The zero-order valence-corrected chi connectivity index (χ0v) is 14.1. The number of halogens is 1. The topological polar surface area (TPSA) is 29.1 Å². The lowest BCUT2D eigenvalue weighted by molar-refractivity contribution is -0.125. The molecule has 1 amide bonds. The minimum atomic E-state index is -0.518. The normalized spacial score (nSPS) is 11.3. The van der Waals surface area contributed by atoms with Gasteiger partial charge in [-0.25, -0.2) is 0 Å². The number of nitrogens with one attached hydrogen (secondary N) is 1. The molecule has 0 aliphatic rings. The van der Waals surface area contributed by atoms with Crippen LogP contribution >= 0.6 is 27.3 Å². The molecule has 106 valence electrons. The predicted octanol–water partition coefficient (Wildman–Crippen LogP) is 4.15. The first-order chi connectivity index (χ1) is 9.50. The van der Waals surface area contributed by atoms with Crippen molar-refractivity contribution >= 4 is 33.2 Å². The summed E-state index contributed by atoms with van der Waals surface area (Å²) in [6.45, 7) is 4.59. The van der Waals surface area contributed by atoms with Gasteiger partial charge in [-0.3, -0.25) is 4.79 Å². The highest BCUT2D eigenvalue weighted by molar-refractivity contribution is 9.10. The minimum Gasteiger partial charge on any atom is -0.355 e. The summed E-state index contributed by atoms with van der Waals surface area (Å²) >= 11 is 5.14. The van der Waals surface area contributed by atoms with Crippen LogP contribution in [0.2, 0.25) is 0 Å². The lowest BCUT2D eigenvalue weighted by atomic mass is 9.84. The number of rotatable bonds is 5. The Morgan fingerprint density at radius 1 is 1.25 bits per heavy atom. The number of benzene rings is 1. The number of thiophene rings is 1. The van der Waals surface area contributed by atoms with E-state index < -0.39 is 5.41 Å². The molecule has 0 bridgehead atoms. The van der Waals surface area contributed by atoms with E-state index in [-0.39, 0.29) is 5.91 Å². The van der Waals surface area contributed by atoms with Crippen LogP contribution in [-0.2, 0) is 16.6 Å². The molecule has 0 saturated carbocycles. The van der Waals surface area contributed by atoms with Crippen molar-refractivity contribution in [3.05, 3.63) is 56.7 Å². The van der Waals surface area contributed by atoms with Gasteiger partial charge in [0.05, 0.1) is 5.41 Å². The predicted molar refractivity (Wildman–Crippen MR) is 88.2 cm³/mol. The molecule has 1 heterocycles. The second kappa shape index (κ2) is 6.55. The van der Waals surface area contributed by atoms with Gasteiger partial charge in [0.1, 0.15) is 0 Å². The summed E-state index contributed by atoms with van der Waals surface area (Å²) in [6, 6.07) is 12.0. The van der Waals surface area contributed by atoms with Gasteiger partial charge in [-0.05, 0) is 49.4 Å². The van der Waals surface area contributed by atoms with Gasteiger partial charge in [-0.1, -0.05) is 34.1 Å². The maximum Gasteiger partial charge on any atom is 0.230 e. The molecule has 0 unspecified atom stereocenters. The lowest BCUT2D eigenvalue weighted by Crippen LogP contribution is -2.40. The molecule has 0 aliphatic carbocycles. The molecule has 0 radical (unpaired) electrons. The van der Waals surface area contributed by atoms with E-state index in [1.807, 2.05) is 44.2 Å². The molecule has 20 heavy (non-hydrogen) atoms. The van der Waals surface area contributed by atoms with Gasteiger partial charge < -0.3 is 5.32 Å². The van der Waals surface area contributed by atoms with Crippen LogP contribution in [0.5, 0.6) is 0 Å². The Morgan fingerprint density at radius 2 is 1.95 bits per heavy atom. The van der Waals surface area contributed by atoms with Gasteiger partial charge >= 0.3 is 0 Å². The molecule has 1 aromatic carbocycles. The van der Waals surface area contributed by atoms with Crippen molar-refractivity contribution in [2.45, 2.75) is 25.7 Å². The summed E-state index contributed by atoms with van der Waals surface area (Å²) in [6.07, 6.45) is 0.889. The van der Waals surface area contributed by atoms with E-state index in [1.165, 1.54) is 4.88 Å². The van der Waals surface area contributed by atoms with Crippen LogP contribution < -0.4 is 5.32 Å². The standard InChI is InChI=1S/C16H18BrNOS/c1-16(2,12-5-7-13(17)8-6-12)15(19)18-10-9-14-4-3-11-20-14/h3-8,11H,9-10H2,1-2H3,(H,18,19). The Bertz CT molecular complexity index is 561. The number of hydrogen-bond donors (Lipinski definition) is 1. The van der Waals surface area contributed by atoms with Crippen molar-refractivity contribution in [1.82, 2.24) is 5.32 Å². The van der Waals surface area contributed by atoms with Crippen LogP contribution in [-0.4, -0.2) is 12.5 Å². The quantitative estimate of drug-likeness (QED) is 0.861. The fraction of sp³-hybridized carbons (Fsp3) is 0.312. The largest absolute Gasteiger partial charge is 0.355 e. The van der Waals surface area contributed by atoms with Crippen LogP contribution in [0, 0.1) is 0 Å². The van der Waals surface area contributed by atoms with Crippen LogP contribution in [0.1, 0.15) is 24.3 Å². The van der Waals surface area contributed by atoms with Crippen molar-refractivity contribution < 1.29 is 4.79 Å². The van der Waals surface area contributed by atoms with Gasteiger partial charge in [0, 0.05) is 15.9 Å².